The molecule has 0 N–H and O–H groups in total. The van der Waals surface area contributed by atoms with Gasteiger partial charge in [-0.2, -0.15) is 9.97 Å². The van der Waals surface area contributed by atoms with Crippen LogP contribution in [0.5, 0.6) is 0 Å². The molecule has 9 aromatic carbocycles. The Kier molecular flexibility index (Phi) is 8.42. The molecule has 0 aliphatic rings. The molecule has 0 aliphatic heterocycles. The minimum absolute atomic E-state index is 0.554. The number of rotatable bonds is 7. The highest BCUT2D eigenvalue weighted by Gasteiger charge is 2.24. The zero-order valence-electron chi connectivity index (χ0n) is 33.6. The Morgan fingerprint density at radius 1 is 0.274 bits per heavy atom. The molecule has 5 heteroatoms. The van der Waals surface area contributed by atoms with Crippen LogP contribution in [0.25, 0.3) is 111 Å². The molecule has 0 fully saturated rings. The Morgan fingerprint density at radius 2 is 0.758 bits per heavy atom. The zero-order chi connectivity index (χ0) is 41.0. The third kappa shape index (κ3) is 5.75. The lowest BCUT2D eigenvalue weighted by Crippen LogP contribution is -2.07. The molecule has 62 heavy (non-hydrogen) atoms. The van der Waals surface area contributed by atoms with Crippen molar-refractivity contribution in [2.24, 2.45) is 0 Å². The molecule has 0 amide bonds. The van der Waals surface area contributed by atoms with Crippen LogP contribution in [0.3, 0.4) is 0 Å². The molecule has 0 atom stereocenters. The van der Waals surface area contributed by atoms with Crippen molar-refractivity contribution < 1.29 is 0 Å². The summed E-state index contributed by atoms with van der Waals surface area (Å²) < 4.78 is 4.69. The molecule has 290 valence electrons. The smallest absolute Gasteiger partial charge is 0.238 e. The lowest BCUT2D eigenvalue weighted by Gasteiger charge is -2.16. The first-order valence-electron chi connectivity index (χ1n) is 21.0. The maximum Gasteiger partial charge on any atom is 0.238 e. The molecule has 12 rings (SSSR count). The second-order valence-corrected chi connectivity index (χ2v) is 15.5. The summed E-state index contributed by atoms with van der Waals surface area (Å²) in [5.74, 6) is 1.76. The van der Waals surface area contributed by atoms with Gasteiger partial charge in [0, 0.05) is 38.2 Å². The zero-order valence-corrected chi connectivity index (χ0v) is 33.6. The van der Waals surface area contributed by atoms with Crippen molar-refractivity contribution in [3.05, 3.63) is 224 Å². The number of benzene rings is 9. The van der Waals surface area contributed by atoms with Crippen molar-refractivity contribution in [1.82, 2.24) is 24.1 Å². The van der Waals surface area contributed by atoms with E-state index in [1.54, 1.807) is 0 Å². The van der Waals surface area contributed by atoms with Gasteiger partial charge in [-0.05, 0) is 52.1 Å². The van der Waals surface area contributed by atoms with Crippen LogP contribution >= 0.6 is 0 Å². The van der Waals surface area contributed by atoms with Gasteiger partial charge in [-0.1, -0.05) is 200 Å². The van der Waals surface area contributed by atoms with Crippen LogP contribution in [-0.4, -0.2) is 24.1 Å². The van der Waals surface area contributed by atoms with Crippen LogP contribution in [0.2, 0.25) is 0 Å². The average Bonchev–Trinajstić information content (AvgIpc) is 3.88. The van der Waals surface area contributed by atoms with E-state index in [0.717, 1.165) is 71.9 Å². The maximum absolute atomic E-state index is 5.45. The highest BCUT2D eigenvalue weighted by atomic mass is 15.2. The minimum atomic E-state index is 0.554. The summed E-state index contributed by atoms with van der Waals surface area (Å²) in [4.78, 5) is 16.0. The first-order chi connectivity index (χ1) is 30.8. The van der Waals surface area contributed by atoms with Crippen molar-refractivity contribution in [2.45, 2.75) is 0 Å². The summed E-state index contributed by atoms with van der Waals surface area (Å²) >= 11 is 0. The fourth-order valence-electron chi connectivity index (χ4n) is 9.31. The Balaban J connectivity index is 1.16. The Hall–Kier alpha value is -8.41. The van der Waals surface area contributed by atoms with Crippen LogP contribution in [0.4, 0.5) is 0 Å². The van der Waals surface area contributed by atoms with Crippen molar-refractivity contribution >= 4 is 43.6 Å². The molecular formula is C57H37N5. The van der Waals surface area contributed by atoms with Gasteiger partial charge in [0.15, 0.2) is 11.6 Å². The van der Waals surface area contributed by atoms with Crippen LogP contribution in [0, 0.1) is 0 Å². The van der Waals surface area contributed by atoms with Gasteiger partial charge in [0.25, 0.3) is 0 Å². The average molecular weight is 792 g/mol. The summed E-state index contributed by atoms with van der Waals surface area (Å²) in [5, 5.41) is 4.64. The van der Waals surface area contributed by atoms with Crippen LogP contribution in [0.15, 0.2) is 224 Å². The number of aromatic nitrogens is 5. The summed E-state index contributed by atoms with van der Waals surface area (Å²) in [6.07, 6.45) is 0. The second-order valence-electron chi connectivity index (χ2n) is 15.5. The summed E-state index contributed by atoms with van der Waals surface area (Å²) in [6, 6.07) is 79.1. The molecule has 0 bridgehead atoms. The summed E-state index contributed by atoms with van der Waals surface area (Å²) in [7, 11) is 0. The second kappa shape index (κ2) is 14.7. The van der Waals surface area contributed by atoms with Crippen LogP contribution in [-0.2, 0) is 0 Å². The topological polar surface area (TPSA) is 48.5 Å². The van der Waals surface area contributed by atoms with E-state index in [2.05, 4.69) is 215 Å². The van der Waals surface area contributed by atoms with Gasteiger partial charge in [-0.15, -0.1) is 0 Å². The predicted octanol–water partition coefficient (Wildman–Crippen LogP) is 14.4. The van der Waals surface area contributed by atoms with Gasteiger partial charge < -0.3 is 4.57 Å². The molecule has 0 aliphatic carbocycles. The first-order valence-corrected chi connectivity index (χ1v) is 21.0. The lowest BCUT2D eigenvalue weighted by atomic mass is 9.91. The first kappa shape index (κ1) is 35.5. The molecule has 5 nitrogen and oxygen atoms in total. The van der Waals surface area contributed by atoms with Gasteiger partial charge in [-0.25, -0.2) is 4.98 Å². The highest BCUT2D eigenvalue weighted by Crippen LogP contribution is 2.44. The maximum atomic E-state index is 5.45. The molecule has 0 unspecified atom stereocenters. The molecule has 3 heterocycles. The van der Waals surface area contributed by atoms with Crippen molar-refractivity contribution in [3.8, 4) is 67.8 Å². The van der Waals surface area contributed by atoms with Gasteiger partial charge >= 0.3 is 0 Å². The number of para-hydroxylation sites is 3. The quantitative estimate of drug-likeness (QED) is 0.162. The minimum Gasteiger partial charge on any atom is -0.308 e. The van der Waals surface area contributed by atoms with E-state index in [9.17, 15) is 0 Å². The standard InChI is InChI=1S/C57H37N5/c1-4-20-38(21-5-1)41-26-10-11-28-43(41)44-29-12-13-31-47(44)56-58-55(40-24-8-3-9-25-40)59-57(60-56)62-51-35-19-16-32-48(51)53-52(62)37-36-46-45-30-15-18-34-50(45)61(54(46)53)49-33-17-14-27-42(49)39-22-6-2-7-23-39/h1-37H. The van der Waals surface area contributed by atoms with E-state index in [4.69, 9.17) is 15.0 Å². The third-order valence-electron chi connectivity index (χ3n) is 12.0. The molecule has 0 radical (unpaired) electrons. The fourth-order valence-corrected chi connectivity index (χ4v) is 9.31. The van der Waals surface area contributed by atoms with E-state index in [0.29, 0.717) is 17.6 Å². The van der Waals surface area contributed by atoms with Crippen molar-refractivity contribution in [1.29, 1.82) is 0 Å². The van der Waals surface area contributed by atoms with E-state index < -0.39 is 0 Å². The highest BCUT2D eigenvalue weighted by molar-refractivity contribution is 6.26. The lowest BCUT2D eigenvalue weighted by molar-refractivity contribution is 0.954. The van der Waals surface area contributed by atoms with Gasteiger partial charge in [-0.3, -0.25) is 4.57 Å². The molecule has 0 saturated carbocycles. The molecule has 12 aromatic rings. The van der Waals surface area contributed by atoms with Crippen LogP contribution < -0.4 is 0 Å². The largest absolute Gasteiger partial charge is 0.308 e. The third-order valence-corrected chi connectivity index (χ3v) is 12.0. The molecule has 0 saturated heterocycles. The van der Waals surface area contributed by atoms with E-state index in [1.165, 1.54) is 21.9 Å². The van der Waals surface area contributed by atoms with Crippen molar-refractivity contribution in [2.75, 3.05) is 0 Å². The normalized spacial score (nSPS) is 11.5. The van der Waals surface area contributed by atoms with Crippen LogP contribution in [0.1, 0.15) is 0 Å². The summed E-state index contributed by atoms with van der Waals surface area (Å²) in [5.41, 5.74) is 14.1. The van der Waals surface area contributed by atoms with Crippen molar-refractivity contribution in [3.63, 3.8) is 0 Å². The Bertz CT molecular complexity index is 3620. The molecule has 0 spiro atoms. The number of hydrogen-bond acceptors (Lipinski definition) is 3. The van der Waals surface area contributed by atoms with Gasteiger partial charge in [0.05, 0.1) is 27.8 Å². The SMILES string of the molecule is c1ccc(-c2nc(-c3ccccc3-c3ccccc3-c3ccccc3)nc(-n3c4ccccc4c4c3ccc3c5ccccc5n(-c5ccccc5-c5ccccc5)c34)n2)cc1. The Morgan fingerprint density at radius 3 is 1.45 bits per heavy atom. The van der Waals surface area contributed by atoms with E-state index in [-0.39, 0.29) is 0 Å². The Labute approximate surface area is 358 Å². The van der Waals surface area contributed by atoms with E-state index in [1.807, 2.05) is 18.2 Å². The number of fused-ring (bicyclic) bond motifs is 7. The molecule has 3 aromatic heterocycles. The number of nitrogens with zero attached hydrogens (tertiary/aromatic N) is 5. The summed E-state index contributed by atoms with van der Waals surface area (Å²) in [6.45, 7) is 0. The van der Waals surface area contributed by atoms with Gasteiger partial charge in [0.2, 0.25) is 5.95 Å². The molecular weight excluding hydrogens is 755 g/mol. The van der Waals surface area contributed by atoms with Gasteiger partial charge in [0.1, 0.15) is 0 Å². The monoisotopic (exact) mass is 791 g/mol. The predicted molar refractivity (Wildman–Crippen MR) is 256 cm³/mol. The number of hydrogen-bond donors (Lipinski definition) is 0. The fraction of sp³-hybridized carbons (Fsp3) is 0. The van der Waals surface area contributed by atoms with E-state index >= 15 is 0 Å².